The van der Waals surface area contributed by atoms with Gasteiger partial charge in [-0.2, -0.15) is 5.10 Å². The van der Waals surface area contributed by atoms with Crippen molar-refractivity contribution in [3.63, 3.8) is 0 Å². The molecular weight excluding hydrogens is 382 g/mol. The Balaban J connectivity index is 1.72. The van der Waals surface area contributed by atoms with Gasteiger partial charge in [0.05, 0.1) is 19.0 Å². The first kappa shape index (κ1) is 17.0. The largest absolute Gasteiger partial charge is 0.497 e. The van der Waals surface area contributed by atoms with Crippen LogP contribution in [0.5, 0.6) is 5.75 Å². The molecule has 0 atom stereocenters. The third-order valence-electron chi connectivity index (χ3n) is 3.58. The van der Waals surface area contributed by atoms with Gasteiger partial charge in [-0.3, -0.25) is 4.79 Å². The number of hydrogen-bond donors (Lipinski definition) is 1. The number of carbonyl (C=O) groups is 1. The van der Waals surface area contributed by atoms with E-state index in [0.717, 1.165) is 21.6 Å². The van der Waals surface area contributed by atoms with Gasteiger partial charge in [0.25, 0.3) is 5.91 Å². The minimum atomic E-state index is -0.264. The summed E-state index contributed by atoms with van der Waals surface area (Å²) in [5.41, 5.74) is 4.90. The molecule has 1 N–H and O–H groups in total. The molecule has 0 aliphatic carbocycles. The number of hydrazone groups is 1. The van der Waals surface area contributed by atoms with Crippen molar-refractivity contribution in [3.8, 4) is 11.4 Å². The maximum absolute atomic E-state index is 12.1. The number of amides is 1. The van der Waals surface area contributed by atoms with Crippen LogP contribution >= 0.6 is 15.9 Å². The Morgan fingerprint density at radius 3 is 2.68 bits per heavy atom. The average molecular weight is 398 g/mol. The smallest absolute Gasteiger partial charge is 0.271 e. The van der Waals surface area contributed by atoms with Crippen molar-refractivity contribution < 1.29 is 9.53 Å². The highest BCUT2D eigenvalue weighted by Crippen LogP contribution is 2.16. The number of carbonyl (C=O) groups excluding carboxylic acids is 1. The van der Waals surface area contributed by atoms with E-state index >= 15 is 0 Å². The number of nitrogens with one attached hydrogen (secondary N) is 1. The number of rotatable bonds is 5. The molecule has 0 radical (unpaired) electrons. The van der Waals surface area contributed by atoms with E-state index in [1.54, 1.807) is 31.5 Å². The van der Waals surface area contributed by atoms with Gasteiger partial charge in [0.15, 0.2) is 0 Å². The molecule has 6 heteroatoms. The van der Waals surface area contributed by atoms with E-state index in [0.29, 0.717) is 5.56 Å². The standard InChI is InChI=1S/C19H16BrN3O2/c1-25-18-9-7-16(8-10-18)23-11-3-6-17(23)13-21-22-19(24)14-4-2-5-15(20)12-14/h2-13H,1H3,(H,22,24)/b21-13-. The van der Waals surface area contributed by atoms with Crippen molar-refractivity contribution in [2.75, 3.05) is 7.11 Å². The summed E-state index contributed by atoms with van der Waals surface area (Å²) < 4.78 is 7.98. The summed E-state index contributed by atoms with van der Waals surface area (Å²) in [7, 11) is 1.64. The van der Waals surface area contributed by atoms with E-state index in [9.17, 15) is 4.79 Å². The maximum Gasteiger partial charge on any atom is 0.271 e. The normalized spacial score (nSPS) is 10.8. The Bertz CT molecular complexity index is 901. The molecule has 1 amide bonds. The van der Waals surface area contributed by atoms with Crippen LogP contribution in [0.2, 0.25) is 0 Å². The molecule has 25 heavy (non-hydrogen) atoms. The molecule has 126 valence electrons. The first-order chi connectivity index (χ1) is 12.2. The Kier molecular flexibility index (Phi) is 5.30. The molecule has 3 rings (SSSR count). The van der Waals surface area contributed by atoms with Crippen LogP contribution in [0, 0.1) is 0 Å². The number of hydrogen-bond acceptors (Lipinski definition) is 3. The molecule has 0 bridgehead atoms. The van der Waals surface area contributed by atoms with Crippen molar-refractivity contribution in [2.24, 2.45) is 5.10 Å². The molecule has 1 heterocycles. The lowest BCUT2D eigenvalue weighted by Crippen LogP contribution is -2.17. The van der Waals surface area contributed by atoms with Crippen LogP contribution in [0.15, 0.2) is 76.4 Å². The summed E-state index contributed by atoms with van der Waals surface area (Å²) in [6.07, 6.45) is 3.54. The lowest BCUT2D eigenvalue weighted by molar-refractivity contribution is 0.0955. The number of methoxy groups -OCH3 is 1. The van der Waals surface area contributed by atoms with Gasteiger partial charge < -0.3 is 9.30 Å². The maximum atomic E-state index is 12.1. The lowest BCUT2D eigenvalue weighted by Gasteiger charge is -2.07. The minimum absolute atomic E-state index is 0.264. The van der Waals surface area contributed by atoms with Gasteiger partial charge in [-0.25, -0.2) is 5.43 Å². The summed E-state index contributed by atoms with van der Waals surface area (Å²) >= 11 is 3.35. The first-order valence-corrected chi connectivity index (χ1v) is 8.37. The van der Waals surface area contributed by atoms with Crippen molar-refractivity contribution in [1.82, 2.24) is 9.99 Å². The van der Waals surface area contributed by atoms with Gasteiger partial charge in [-0.1, -0.05) is 22.0 Å². The molecule has 3 aromatic rings. The minimum Gasteiger partial charge on any atom is -0.497 e. The third-order valence-corrected chi connectivity index (χ3v) is 4.07. The van der Waals surface area contributed by atoms with E-state index in [1.165, 1.54) is 0 Å². The quantitative estimate of drug-likeness (QED) is 0.522. The van der Waals surface area contributed by atoms with Gasteiger partial charge in [0, 0.05) is 21.9 Å². The summed E-state index contributed by atoms with van der Waals surface area (Å²) in [5, 5.41) is 4.05. The molecule has 2 aromatic carbocycles. The fourth-order valence-corrected chi connectivity index (χ4v) is 2.73. The Hall–Kier alpha value is -2.86. The Morgan fingerprint density at radius 2 is 1.96 bits per heavy atom. The summed E-state index contributed by atoms with van der Waals surface area (Å²) in [6, 6.07) is 18.7. The highest BCUT2D eigenvalue weighted by Gasteiger charge is 2.05. The number of benzene rings is 2. The number of nitrogens with zero attached hydrogens (tertiary/aromatic N) is 2. The molecule has 0 saturated heterocycles. The summed E-state index contributed by atoms with van der Waals surface area (Å²) in [6.45, 7) is 0. The zero-order valence-corrected chi connectivity index (χ0v) is 15.1. The van der Waals surface area contributed by atoms with Crippen LogP contribution in [-0.2, 0) is 0 Å². The van der Waals surface area contributed by atoms with Crippen LogP contribution in [0.3, 0.4) is 0 Å². The molecule has 0 saturated carbocycles. The fourth-order valence-electron chi connectivity index (χ4n) is 2.33. The SMILES string of the molecule is COc1ccc(-n2cccc2/C=N\NC(=O)c2cccc(Br)c2)cc1. The zero-order valence-electron chi connectivity index (χ0n) is 13.5. The Labute approximate surface area is 154 Å². The summed E-state index contributed by atoms with van der Waals surface area (Å²) in [5.74, 6) is 0.535. The van der Waals surface area contributed by atoms with Crippen molar-refractivity contribution in [1.29, 1.82) is 0 Å². The number of aromatic nitrogens is 1. The number of ether oxygens (including phenoxy) is 1. The van der Waals surface area contributed by atoms with Crippen LogP contribution in [-0.4, -0.2) is 23.8 Å². The molecule has 0 aliphatic heterocycles. The van der Waals surface area contributed by atoms with E-state index < -0.39 is 0 Å². The highest BCUT2D eigenvalue weighted by molar-refractivity contribution is 9.10. The highest BCUT2D eigenvalue weighted by atomic mass is 79.9. The molecule has 5 nitrogen and oxygen atoms in total. The third kappa shape index (κ3) is 4.16. The monoisotopic (exact) mass is 397 g/mol. The molecule has 0 fully saturated rings. The van der Waals surface area contributed by atoms with Gasteiger partial charge in [-0.05, 0) is 54.6 Å². The fraction of sp³-hybridized carbons (Fsp3) is 0.0526. The first-order valence-electron chi connectivity index (χ1n) is 7.58. The van der Waals surface area contributed by atoms with E-state index in [1.807, 2.05) is 53.2 Å². The average Bonchev–Trinajstić information content (AvgIpc) is 3.10. The van der Waals surface area contributed by atoms with Crippen LogP contribution in [0.1, 0.15) is 16.1 Å². The number of halogens is 1. The van der Waals surface area contributed by atoms with Crippen LogP contribution in [0.4, 0.5) is 0 Å². The zero-order chi connectivity index (χ0) is 17.6. The predicted molar refractivity (Wildman–Crippen MR) is 102 cm³/mol. The van der Waals surface area contributed by atoms with Crippen molar-refractivity contribution in [2.45, 2.75) is 0 Å². The van der Waals surface area contributed by atoms with Gasteiger partial charge in [-0.15, -0.1) is 0 Å². The lowest BCUT2D eigenvalue weighted by atomic mass is 10.2. The topological polar surface area (TPSA) is 55.6 Å². The molecule has 0 aliphatic rings. The van der Waals surface area contributed by atoms with Crippen LogP contribution in [0.25, 0.3) is 5.69 Å². The summed E-state index contributed by atoms with van der Waals surface area (Å²) in [4.78, 5) is 12.1. The molecular formula is C19H16BrN3O2. The second-order valence-electron chi connectivity index (χ2n) is 5.21. The van der Waals surface area contributed by atoms with Gasteiger partial charge in [0.1, 0.15) is 5.75 Å². The van der Waals surface area contributed by atoms with E-state index in [4.69, 9.17) is 4.74 Å². The molecule has 0 unspecified atom stereocenters. The van der Waals surface area contributed by atoms with E-state index in [2.05, 4.69) is 26.5 Å². The van der Waals surface area contributed by atoms with Crippen molar-refractivity contribution >= 4 is 28.1 Å². The predicted octanol–water partition coefficient (Wildman–Crippen LogP) is 4.01. The van der Waals surface area contributed by atoms with Crippen molar-refractivity contribution in [3.05, 3.63) is 82.6 Å². The molecule has 1 aromatic heterocycles. The van der Waals surface area contributed by atoms with Gasteiger partial charge in [0.2, 0.25) is 0 Å². The Morgan fingerprint density at radius 1 is 1.16 bits per heavy atom. The van der Waals surface area contributed by atoms with Gasteiger partial charge >= 0.3 is 0 Å². The van der Waals surface area contributed by atoms with E-state index in [-0.39, 0.29) is 5.91 Å². The van der Waals surface area contributed by atoms with Crippen LogP contribution < -0.4 is 10.2 Å². The second kappa shape index (κ2) is 7.81. The second-order valence-corrected chi connectivity index (χ2v) is 6.13. The molecule has 0 spiro atoms.